The van der Waals surface area contributed by atoms with Gasteiger partial charge in [0, 0.05) is 13.1 Å². The number of hydrogen-bond donors (Lipinski definition) is 1. The first-order chi connectivity index (χ1) is 9.55. The van der Waals surface area contributed by atoms with Crippen molar-refractivity contribution < 1.29 is 14.3 Å². The number of para-hydroxylation sites is 2. The fraction of sp³-hybridized carbons (Fsp3) is 0.533. The molecule has 20 heavy (non-hydrogen) atoms. The number of carbonyl (C=O) groups excluding carboxylic acids is 1. The molecule has 3 rings (SSSR count). The van der Waals surface area contributed by atoms with Crippen LogP contribution in [0, 0.1) is 0 Å². The molecule has 1 atom stereocenters. The monoisotopic (exact) mass is 276 g/mol. The van der Waals surface area contributed by atoms with E-state index in [0.717, 1.165) is 24.5 Å². The molecular formula is C15H20N2O3. The van der Waals surface area contributed by atoms with Crippen molar-refractivity contribution in [3.05, 3.63) is 24.3 Å². The predicted molar refractivity (Wildman–Crippen MR) is 76.1 cm³/mol. The Kier molecular flexibility index (Phi) is 3.30. The van der Waals surface area contributed by atoms with Crippen molar-refractivity contribution in [1.29, 1.82) is 0 Å². The normalized spacial score (nSPS) is 22.7. The van der Waals surface area contributed by atoms with Gasteiger partial charge in [-0.25, -0.2) is 0 Å². The first-order valence-electron chi connectivity index (χ1n) is 6.97. The summed E-state index contributed by atoms with van der Waals surface area (Å²) < 4.78 is 10.9. The van der Waals surface area contributed by atoms with Crippen LogP contribution in [0.1, 0.15) is 13.8 Å². The Labute approximate surface area is 118 Å². The molecule has 1 unspecified atom stereocenters. The minimum Gasteiger partial charge on any atom is -0.484 e. The third-order valence-electron chi connectivity index (χ3n) is 3.47. The molecule has 1 aromatic carbocycles. The van der Waals surface area contributed by atoms with Crippen LogP contribution in [0.25, 0.3) is 0 Å². The molecule has 0 bridgehead atoms. The summed E-state index contributed by atoms with van der Waals surface area (Å²) in [5.74, 6) is 0.895. The largest absolute Gasteiger partial charge is 0.484 e. The number of hydrogen-bond acceptors (Lipinski definition) is 4. The van der Waals surface area contributed by atoms with Crippen molar-refractivity contribution in [3.8, 4) is 5.75 Å². The number of ether oxygens (including phenoxy) is 2. The molecule has 2 aliphatic heterocycles. The molecular weight excluding hydrogens is 256 g/mol. The highest BCUT2D eigenvalue weighted by Crippen LogP contribution is 2.36. The Balaban J connectivity index is 1.64. The average molecular weight is 276 g/mol. The molecule has 1 amide bonds. The van der Waals surface area contributed by atoms with Crippen molar-refractivity contribution in [2.45, 2.75) is 25.6 Å². The zero-order valence-corrected chi connectivity index (χ0v) is 11.9. The molecule has 1 N–H and O–H groups in total. The second-order valence-electron chi connectivity index (χ2n) is 5.86. The van der Waals surface area contributed by atoms with Crippen LogP contribution < -0.4 is 15.0 Å². The Hall–Kier alpha value is -1.75. The molecule has 2 aliphatic rings. The summed E-state index contributed by atoms with van der Waals surface area (Å²) in [6.07, 6.45) is -0.219. The standard InChI is InChI=1S/C15H20N2O3/c1-15(2)10-17(8-7-16-14(18)13-9-19-13)11-5-3-4-6-12(11)20-15/h3-6,13H,7-10H2,1-2H3,(H,16,18). The van der Waals surface area contributed by atoms with E-state index >= 15 is 0 Å². The van der Waals surface area contributed by atoms with E-state index in [1.54, 1.807) is 0 Å². The maximum atomic E-state index is 11.5. The van der Waals surface area contributed by atoms with Crippen molar-refractivity contribution in [3.63, 3.8) is 0 Å². The Morgan fingerprint density at radius 2 is 2.20 bits per heavy atom. The zero-order chi connectivity index (χ0) is 14.2. The van der Waals surface area contributed by atoms with Crippen molar-refractivity contribution in [2.75, 3.05) is 31.1 Å². The highest BCUT2D eigenvalue weighted by atomic mass is 16.6. The molecule has 0 saturated carbocycles. The number of anilines is 1. The fourth-order valence-electron chi connectivity index (χ4n) is 2.51. The molecule has 5 heteroatoms. The van der Waals surface area contributed by atoms with Crippen LogP contribution in [0.3, 0.4) is 0 Å². The maximum Gasteiger partial charge on any atom is 0.251 e. The zero-order valence-electron chi connectivity index (χ0n) is 11.9. The van der Waals surface area contributed by atoms with E-state index in [2.05, 4.69) is 30.1 Å². The highest BCUT2D eigenvalue weighted by Gasteiger charge is 2.33. The number of fused-ring (bicyclic) bond motifs is 1. The highest BCUT2D eigenvalue weighted by molar-refractivity contribution is 5.82. The lowest BCUT2D eigenvalue weighted by Crippen LogP contribution is -2.49. The van der Waals surface area contributed by atoms with Crippen molar-refractivity contribution in [1.82, 2.24) is 5.32 Å². The van der Waals surface area contributed by atoms with Gasteiger partial charge in [-0.1, -0.05) is 12.1 Å². The van der Waals surface area contributed by atoms with Crippen LogP contribution in [0.4, 0.5) is 5.69 Å². The average Bonchev–Trinajstić information content (AvgIpc) is 3.21. The van der Waals surface area contributed by atoms with E-state index in [9.17, 15) is 4.79 Å². The summed E-state index contributed by atoms with van der Waals surface area (Å²) in [4.78, 5) is 13.8. The number of carbonyl (C=O) groups is 1. The first kappa shape index (κ1) is 13.2. The van der Waals surface area contributed by atoms with E-state index < -0.39 is 0 Å². The number of rotatable bonds is 4. The minimum absolute atomic E-state index is 0.00851. The number of epoxide rings is 1. The summed E-state index contributed by atoms with van der Waals surface area (Å²) >= 11 is 0. The second-order valence-corrected chi connectivity index (χ2v) is 5.86. The van der Waals surface area contributed by atoms with E-state index in [-0.39, 0.29) is 17.6 Å². The summed E-state index contributed by atoms with van der Waals surface area (Å²) in [7, 11) is 0. The van der Waals surface area contributed by atoms with Gasteiger partial charge in [-0.3, -0.25) is 4.79 Å². The lowest BCUT2D eigenvalue weighted by molar-refractivity contribution is -0.122. The number of benzene rings is 1. The molecule has 0 aromatic heterocycles. The molecule has 0 aliphatic carbocycles. The lowest BCUT2D eigenvalue weighted by Gasteiger charge is -2.40. The Morgan fingerprint density at radius 3 is 2.95 bits per heavy atom. The van der Waals surface area contributed by atoms with Gasteiger partial charge in [-0.05, 0) is 26.0 Å². The molecule has 1 aromatic rings. The summed E-state index contributed by atoms with van der Waals surface area (Å²) in [5, 5.41) is 2.90. The summed E-state index contributed by atoms with van der Waals surface area (Å²) in [6.45, 7) is 6.89. The van der Waals surface area contributed by atoms with Gasteiger partial charge in [0.05, 0.1) is 18.8 Å². The molecule has 2 heterocycles. The van der Waals surface area contributed by atoms with E-state index in [1.165, 1.54) is 0 Å². The molecule has 1 fully saturated rings. The molecule has 0 spiro atoms. The maximum absolute atomic E-state index is 11.5. The number of nitrogens with one attached hydrogen (secondary N) is 1. The van der Waals surface area contributed by atoms with Gasteiger partial charge in [-0.2, -0.15) is 0 Å². The molecule has 1 saturated heterocycles. The second kappa shape index (κ2) is 4.98. The van der Waals surface area contributed by atoms with Gasteiger partial charge in [0.15, 0.2) is 6.10 Å². The molecule has 108 valence electrons. The van der Waals surface area contributed by atoms with Crippen molar-refractivity contribution >= 4 is 11.6 Å². The van der Waals surface area contributed by atoms with E-state index in [4.69, 9.17) is 9.47 Å². The van der Waals surface area contributed by atoms with Crippen LogP contribution >= 0.6 is 0 Å². The third kappa shape index (κ3) is 2.88. The lowest BCUT2D eigenvalue weighted by atomic mass is 10.1. The van der Waals surface area contributed by atoms with Gasteiger partial charge >= 0.3 is 0 Å². The van der Waals surface area contributed by atoms with Crippen LogP contribution in [0.15, 0.2) is 24.3 Å². The third-order valence-corrected chi connectivity index (χ3v) is 3.47. The summed E-state index contributed by atoms with van der Waals surface area (Å²) in [5.41, 5.74) is 0.863. The van der Waals surface area contributed by atoms with Crippen LogP contribution in [0.5, 0.6) is 5.75 Å². The van der Waals surface area contributed by atoms with Crippen LogP contribution in [-0.2, 0) is 9.53 Å². The van der Waals surface area contributed by atoms with Gasteiger partial charge in [0.1, 0.15) is 11.4 Å². The SMILES string of the molecule is CC1(C)CN(CCNC(=O)C2CO2)c2ccccc2O1. The number of nitrogens with zero attached hydrogens (tertiary/aromatic N) is 1. The quantitative estimate of drug-likeness (QED) is 0.839. The van der Waals surface area contributed by atoms with Gasteiger partial charge in [0.2, 0.25) is 0 Å². The first-order valence-corrected chi connectivity index (χ1v) is 6.97. The molecule has 5 nitrogen and oxygen atoms in total. The van der Waals surface area contributed by atoms with Gasteiger partial charge < -0.3 is 19.7 Å². The Bertz CT molecular complexity index is 512. The number of amides is 1. The van der Waals surface area contributed by atoms with Crippen LogP contribution in [-0.4, -0.2) is 43.9 Å². The predicted octanol–water partition coefficient (Wildman–Crippen LogP) is 1.18. The minimum atomic E-state index is -0.224. The fourth-order valence-corrected chi connectivity index (χ4v) is 2.51. The topological polar surface area (TPSA) is 54.1 Å². The Morgan fingerprint density at radius 1 is 1.45 bits per heavy atom. The van der Waals surface area contributed by atoms with E-state index in [0.29, 0.717) is 13.2 Å². The van der Waals surface area contributed by atoms with Crippen LogP contribution in [0.2, 0.25) is 0 Å². The van der Waals surface area contributed by atoms with Gasteiger partial charge in [-0.15, -0.1) is 0 Å². The molecule has 0 radical (unpaired) electrons. The van der Waals surface area contributed by atoms with Gasteiger partial charge in [0.25, 0.3) is 5.91 Å². The summed E-state index contributed by atoms with van der Waals surface area (Å²) in [6, 6.07) is 8.02. The smallest absolute Gasteiger partial charge is 0.251 e. The van der Waals surface area contributed by atoms with E-state index in [1.807, 2.05) is 18.2 Å². The van der Waals surface area contributed by atoms with Crippen molar-refractivity contribution in [2.24, 2.45) is 0 Å².